The van der Waals surface area contributed by atoms with Crippen LogP contribution in [0.4, 0.5) is 4.79 Å². The van der Waals surface area contributed by atoms with Crippen LogP contribution in [0.5, 0.6) is 0 Å². The number of aliphatic hydroxyl groups excluding tert-OH is 1. The van der Waals surface area contributed by atoms with Crippen molar-refractivity contribution in [1.82, 2.24) is 20.4 Å². The molecule has 0 bridgehead atoms. The number of hydrogen-bond acceptors (Lipinski definition) is 3. The van der Waals surface area contributed by atoms with E-state index in [0.29, 0.717) is 23.6 Å². The van der Waals surface area contributed by atoms with E-state index in [4.69, 9.17) is 11.6 Å². The SMILES string of the molecule is Cn1cc(CCNC(=O)NC[C@H](O)c2ccc(Cl)cc2)cn1. The Hall–Kier alpha value is -2.05. The van der Waals surface area contributed by atoms with Crippen LogP contribution in [0.25, 0.3) is 0 Å². The largest absolute Gasteiger partial charge is 0.387 e. The van der Waals surface area contributed by atoms with Crippen LogP contribution in [0, 0.1) is 0 Å². The second-order valence-electron chi connectivity index (χ2n) is 4.98. The van der Waals surface area contributed by atoms with Gasteiger partial charge in [-0.3, -0.25) is 4.68 Å². The van der Waals surface area contributed by atoms with Gasteiger partial charge in [0.05, 0.1) is 12.3 Å². The molecule has 2 aromatic rings. The number of aromatic nitrogens is 2. The molecule has 0 unspecified atom stereocenters. The Bertz CT molecular complexity index is 612. The van der Waals surface area contributed by atoms with E-state index in [1.54, 1.807) is 35.1 Å². The average Bonchev–Trinajstić information content (AvgIpc) is 2.91. The van der Waals surface area contributed by atoms with Crippen LogP contribution in [0.1, 0.15) is 17.2 Å². The van der Waals surface area contributed by atoms with Gasteiger partial charge in [-0.15, -0.1) is 0 Å². The lowest BCUT2D eigenvalue weighted by Gasteiger charge is -2.13. The number of aryl methyl sites for hydroxylation is 1. The van der Waals surface area contributed by atoms with Gasteiger partial charge in [0.1, 0.15) is 0 Å². The first-order valence-corrected chi connectivity index (χ1v) is 7.35. The highest BCUT2D eigenvalue weighted by atomic mass is 35.5. The molecule has 7 heteroatoms. The van der Waals surface area contributed by atoms with Crippen molar-refractivity contribution in [3.05, 3.63) is 52.8 Å². The summed E-state index contributed by atoms with van der Waals surface area (Å²) in [5.74, 6) is 0. The van der Waals surface area contributed by atoms with Gasteiger partial charge in [-0.25, -0.2) is 4.79 Å². The number of urea groups is 1. The van der Waals surface area contributed by atoms with Crippen molar-refractivity contribution in [1.29, 1.82) is 0 Å². The summed E-state index contributed by atoms with van der Waals surface area (Å²) in [5.41, 5.74) is 1.77. The number of benzene rings is 1. The molecule has 0 saturated carbocycles. The summed E-state index contributed by atoms with van der Waals surface area (Å²) in [6.07, 6.45) is 3.62. The van der Waals surface area contributed by atoms with Gasteiger partial charge in [-0.1, -0.05) is 23.7 Å². The highest BCUT2D eigenvalue weighted by Crippen LogP contribution is 2.15. The monoisotopic (exact) mass is 322 g/mol. The molecule has 0 aliphatic carbocycles. The number of carbonyl (C=O) groups is 1. The topological polar surface area (TPSA) is 79.2 Å². The van der Waals surface area contributed by atoms with E-state index in [1.807, 2.05) is 13.2 Å². The molecule has 0 aliphatic rings. The van der Waals surface area contributed by atoms with Gasteiger partial charge in [0.25, 0.3) is 0 Å². The van der Waals surface area contributed by atoms with Gasteiger partial charge in [-0.2, -0.15) is 5.10 Å². The van der Waals surface area contributed by atoms with E-state index in [2.05, 4.69) is 15.7 Å². The number of aliphatic hydroxyl groups is 1. The molecule has 0 fully saturated rings. The summed E-state index contributed by atoms with van der Waals surface area (Å²) in [6, 6.07) is 6.56. The Kier molecular flexibility index (Phi) is 5.80. The predicted molar refractivity (Wildman–Crippen MR) is 84.7 cm³/mol. The Morgan fingerprint density at radius 3 is 2.73 bits per heavy atom. The average molecular weight is 323 g/mol. The molecule has 0 radical (unpaired) electrons. The van der Waals surface area contributed by atoms with Crippen LogP contribution in [-0.4, -0.2) is 34.0 Å². The third kappa shape index (κ3) is 5.05. The number of halogens is 1. The molecule has 0 aliphatic heterocycles. The molecular formula is C15H19ClN4O2. The molecule has 2 rings (SSSR count). The molecule has 3 N–H and O–H groups in total. The lowest BCUT2D eigenvalue weighted by atomic mass is 10.1. The maximum Gasteiger partial charge on any atom is 0.314 e. The minimum absolute atomic E-state index is 0.139. The zero-order chi connectivity index (χ0) is 15.9. The minimum Gasteiger partial charge on any atom is -0.387 e. The zero-order valence-corrected chi connectivity index (χ0v) is 13.0. The fraction of sp³-hybridized carbons (Fsp3) is 0.333. The van der Waals surface area contributed by atoms with E-state index in [-0.39, 0.29) is 12.6 Å². The van der Waals surface area contributed by atoms with Crippen LogP contribution >= 0.6 is 11.6 Å². The second kappa shape index (κ2) is 7.82. The lowest BCUT2D eigenvalue weighted by Crippen LogP contribution is -2.38. The molecule has 1 heterocycles. The van der Waals surface area contributed by atoms with Crippen molar-refractivity contribution in [3.8, 4) is 0 Å². The number of amides is 2. The zero-order valence-electron chi connectivity index (χ0n) is 12.3. The first-order chi connectivity index (χ1) is 10.5. The summed E-state index contributed by atoms with van der Waals surface area (Å²) < 4.78 is 1.72. The normalized spacial score (nSPS) is 12.0. The summed E-state index contributed by atoms with van der Waals surface area (Å²) in [5, 5.41) is 20.0. The summed E-state index contributed by atoms with van der Waals surface area (Å²) in [7, 11) is 1.85. The Morgan fingerprint density at radius 2 is 2.09 bits per heavy atom. The molecule has 1 atom stereocenters. The fourth-order valence-corrected chi connectivity index (χ4v) is 2.10. The van der Waals surface area contributed by atoms with Gasteiger partial charge in [0, 0.05) is 31.4 Å². The van der Waals surface area contributed by atoms with Crippen molar-refractivity contribution >= 4 is 17.6 Å². The van der Waals surface area contributed by atoms with Gasteiger partial charge in [-0.05, 0) is 29.7 Å². The van der Waals surface area contributed by atoms with Crippen LogP contribution in [0.3, 0.4) is 0 Å². The number of nitrogens with zero attached hydrogens (tertiary/aromatic N) is 2. The van der Waals surface area contributed by atoms with Crippen LogP contribution in [0.15, 0.2) is 36.7 Å². The smallest absolute Gasteiger partial charge is 0.314 e. The first kappa shape index (κ1) is 16.3. The summed E-state index contributed by atoms with van der Waals surface area (Å²) in [4.78, 5) is 11.7. The van der Waals surface area contributed by atoms with E-state index in [0.717, 1.165) is 5.56 Å². The minimum atomic E-state index is -0.763. The van der Waals surface area contributed by atoms with Crippen molar-refractivity contribution < 1.29 is 9.90 Å². The third-order valence-corrected chi connectivity index (χ3v) is 3.42. The predicted octanol–water partition coefficient (Wildman–Crippen LogP) is 1.65. The molecule has 2 amide bonds. The summed E-state index contributed by atoms with van der Waals surface area (Å²) in [6.45, 7) is 0.648. The standard InChI is InChI=1S/C15H19ClN4O2/c1-20-10-11(8-19-20)6-7-17-15(22)18-9-14(21)12-2-4-13(16)5-3-12/h2-5,8,10,14,21H,6-7,9H2,1H3,(H2,17,18,22)/t14-/m0/s1. The van der Waals surface area contributed by atoms with E-state index >= 15 is 0 Å². The Labute approximate surface area is 134 Å². The van der Waals surface area contributed by atoms with Crippen molar-refractivity contribution in [2.24, 2.45) is 7.05 Å². The van der Waals surface area contributed by atoms with Crippen molar-refractivity contribution in [2.75, 3.05) is 13.1 Å². The van der Waals surface area contributed by atoms with Gasteiger partial charge < -0.3 is 15.7 Å². The third-order valence-electron chi connectivity index (χ3n) is 3.17. The second-order valence-corrected chi connectivity index (χ2v) is 5.41. The maximum atomic E-state index is 11.7. The van der Waals surface area contributed by atoms with Crippen LogP contribution in [0.2, 0.25) is 5.02 Å². The molecule has 22 heavy (non-hydrogen) atoms. The molecule has 1 aromatic carbocycles. The van der Waals surface area contributed by atoms with Gasteiger partial charge >= 0.3 is 6.03 Å². The molecule has 6 nitrogen and oxygen atoms in total. The van der Waals surface area contributed by atoms with E-state index in [9.17, 15) is 9.90 Å². The summed E-state index contributed by atoms with van der Waals surface area (Å²) >= 11 is 5.79. The van der Waals surface area contributed by atoms with E-state index < -0.39 is 6.10 Å². The highest BCUT2D eigenvalue weighted by Gasteiger charge is 2.09. The van der Waals surface area contributed by atoms with Crippen molar-refractivity contribution in [3.63, 3.8) is 0 Å². The molecule has 0 saturated heterocycles. The Balaban J connectivity index is 1.67. The number of carbonyl (C=O) groups excluding carboxylic acids is 1. The molecule has 0 spiro atoms. The van der Waals surface area contributed by atoms with E-state index in [1.165, 1.54) is 0 Å². The van der Waals surface area contributed by atoms with Crippen LogP contribution in [-0.2, 0) is 13.5 Å². The van der Waals surface area contributed by atoms with Gasteiger partial charge in [0.15, 0.2) is 0 Å². The lowest BCUT2D eigenvalue weighted by molar-refractivity contribution is 0.173. The molecular weight excluding hydrogens is 304 g/mol. The van der Waals surface area contributed by atoms with Crippen LogP contribution < -0.4 is 10.6 Å². The first-order valence-electron chi connectivity index (χ1n) is 6.97. The van der Waals surface area contributed by atoms with Crippen molar-refractivity contribution in [2.45, 2.75) is 12.5 Å². The molecule has 1 aromatic heterocycles. The quantitative estimate of drug-likeness (QED) is 0.756. The fourth-order valence-electron chi connectivity index (χ4n) is 1.98. The number of hydrogen-bond donors (Lipinski definition) is 3. The Morgan fingerprint density at radius 1 is 1.36 bits per heavy atom. The number of nitrogens with one attached hydrogen (secondary N) is 2. The molecule has 118 valence electrons. The maximum absolute atomic E-state index is 11.7. The number of rotatable bonds is 6. The highest BCUT2D eigenvalue weighted by molar-refractivity contribution is 6.30. The van der Waals surface area contributed by atoms with Gasteiger partial charge in [0.2, 0.25) is 0 Å².